The third-order valence-electron chi connectivity index (χ3n) is 2.03. The monoisotopic (exact) mass is 241 g/mol. The largest absolute Gasteiger partial charge is 0.395 e. The zero-order valence-corrected chi connectivity index (χ0v) is 10.8. The number of anilines is 1. The number of aryl methyl sites for hydroxylation is 1. The van der Waals surface area contributed by atoms with Gasteiger partial charge < -0.3 is 10.4 Å². The second-order valence-electron chi connectivity index (χ2n) is 3.72. The van der Waals surface area contributed by atoms with Gasteiger partial charge in [0, 0.05) is 18.0 Å². The molecule has 0 fully saturated rings. The summed E-state index contributed by atoms with van der Waals surface area (Å²) in [5.41, 5.74) is 1.05. The van der Waals surface area contributed by atoms with Crippen molar-refractivity contribution >= 4 is 17.7 Å². The molecule has 0 aromatic carbocycles. The Kier molecular flexibility index (Phi) is 5.55. The Morgan fingerprint density at radius 1 is 1.56 bits per heavy atom. The van der Waals surface area contributed by atoms with Gasteiger partial charge in [-0.05, 0) is 18.9 Å². The molecule has 90 valence electrons. The zero-order chi connectivity index (χ0) is 12.0. The predicted molar refractivity (Wildman–Crippen MR) is 68.0 cm³/mol. The summed E-state index contributed by atoms with van der Waals surface area (Å²) in [5, 5.41) is 13.3. The van der Waals surface area contributed by atoms with Crippen LogP contribution in [0.5, 0.6) is 0 Å². The third kappa shape index (κ3) is 3.98. The highest BCUT2D eigenvalue weighted by Gasteiger charge is 2.08. The van der Waals surface area contributed by atoms with Gasteiger partial charge in [-0.3, -0.25) is 0 Å². The van der Waals surface area contributed by atoms with Gasteiger partial charge in [0.15, 0.2) is 0 Å². The van der Waals surface area contributed by atoms with E-state index in [0.29, 0.717) is 5.95 Å². The van der Waals surface area contributed by atoms with Gasteiger partial charge in [0.05, 0.1) is 6.61 Å². The van der Waals surface area contributed by atoms with Crippen molar-refractivity contribution < 1.29 is 5.11 Å². The first-order valence-electron chi connectivity index (χ1n) is 5.52. The van der Waals surface area contributed by atoms with Crippen LogP contribution >= 0.6 is 11.8 Å². The molecule has 1 rings (SSSR count). The summed E-state index contributed by atoms with van der Waals surface area (Å²) >= 11 is 1.58. The molecule has 1 atom stereocenters. The lowest BCUT2D eigenvalue weighted by Crippen LogP contribution is -2.07. The second kappa shape index (κ2) is 6.70. The summed E-state index contributed by atoms with van der Waals surface area (Å²) in [6.45, 7) is 7.10. The fraction of sp³-hybridized carbons (Fsp3) is 0.636. The number of hydrogen-bond donors (Lipinski definition) is 2. The number of hydrogen-bond acceptors (Lipinski definition) is 5. The highest BCUT2D eigenvalue weighted by Crippen LogP contribution is 2.24. The summed E-state index contributed by atoms with van der Waals surface area (Å²) in [6.07, 6.45) is 2.87. The molecule has 0 aliphatic carbocycles. The van der Waals surface area contributed by atoms with Crippen LogP contribution in [-0.2, 0) is 0 Å². The summed E-state index contributed by atoms with van der Waals surface area (Å²) in [6, 6.07) is 0. The van der Waals surface area contributed by atoms with Crippen LogP contribution in [0, 0.1) is 6.92 Å². The molecule has 1 aromatic rings. The normalized spacial score (nSPS) is 12.5. The van der Waals surface area contributed by atoms with E-state index in [9.17, 15) is 0 Å². The minimum Gasteiger partial charge on any atom is -0.395 e. The van der Waals surface area contributed by atoms with Crippen LogP contribution in [0.3, 0.4) is 0 Å². The van der Waals surface area contributed by atoms with Gasteiger partial charge in [0.1, 0.15) is 5.03 Å². The van der Waals surface area contributed by atoms with Crippen LogP contribution in [0.1, 0.15) is 25.8 Å². The minimum atomic E-state index is 0.159. The van der Waals surface area contributed by atoms with Gasteiger partial charge >= 0.3 is 0 Å². The van der Waals surface area contributed by atoms with E-state index < -0.39 is 0 Å². The van der Waals surface area contributed by atoms with Crippen molar-refractivity contribution in [2.24, 2.45) is 0 Å². The van der Waals surface area contributed by atoms with Crippen LogP contribution in [-0.4, -0.2) is 33.5 Å². The Hall–Kier alpha value is -0.810. The van der Waals surface area contributed by atoms with Crippen LogP contribution in [0.25, 0.3) is 0 Å². The number of nitrogens with zero attached hydrogens (tertiary/aromatic N) is 2. The third-order valence-corrected chi connectivity index (χ3v) is 3.22. The Balaban J connectivity index is 2.73. The van der Waals surface area contributed by atoms with Gasteiger partial charge in [-0.15, -0.1) is 11.8 Å². The maximum Gasteiger partial charge on any atom is 0.223 e. The highest BCUT2D eigenvalue weighted by atomic mass is 32.2. The van der Waals surface area contributed by atoms with Crippen molar-refractivity contribution in [1.82, 2.24) is 9.97 Å². The van der Waals surface area contributed by atoms with Crippen molar-refractivity contribution in [1.29, 1.82) is 0 Å². The predicted octanol–water partition coefficient (Wildman–Crippen LogP) is 2.08. The average molecular weight is 241 g/mol. The molecule has 0 spiro atoms. The van der Waals surface area contributed by atoms with E-state index in [1.54, 1.807) is 11.8 Å². The van der Waals surface area contributed by atoms with E-state index >= 15 is 0 Å². The van der Waals surface area contributed by atoms with Crippen LogP contribution in [0.15, 0.2) is 11.2 Å². The molecule has 1 aromatic heterocycles. The van der Waals surface area contributed by atoms with Crippen LogP contribution in [0.2, 0.25) is 0 Å². The molecule has 2 N–H and O–H groups in total. The lowest BCUT2D eigenvalue weighted by atomic mass is 10.4. The van der Waals surface area contributed by atoms with Gasteiger partial charge in [-0.1, -0.05) is 13.8 Å². The summed E-state index contributed by atoms with van der Waals surface area (Å²) < 4.78 is 0. The number of aliphatic hydroxyl groups excluding tert-OH is 1. The SMILES string of the molecule is CCCNc1ncc(C)c(SC(C)CO)n1. The van der Waals surface area contributed by atoms with Gasteiger partial charge in [0.2, 0.25) is 5.95 Å². The first-order valence-corrected chi connectivity index (χ1v) is 6.40. The number of aliphatic hydroxyl groups is 1. The van der Waals surface area contributed by atoms with Crippen molar-refractivity contribution in [3.05, 3.63) is 11.8 Å². The number of aromatic nitrogens is 2. The van der Waals surface area contributed by atoms with E-state index in [0.717, 1.165) is 23.6 Å². The Morgan fingerprint density at radius 2 is 2.31 bits per heavy atom. The second-order valence-corrected chi connectivity index (χ2v) is 5.15. The molecular weight excluding hydrogens is 222 g/mol. The molecule has 0 amide bonds. The lowest BCUT2D eigenvalue weighted by Gasteiger charge is -2.10. The molecule has 0 saturated heterocycles. The molecule has 0 saturated carbocycles. The first-order chi connectivity index (χ1) is 7.67. The molecule has 1 unspecified atom stereocenters. The van der Waals surface area contributed by atoms with Gasteiger partial charge in [-0.25, -0.2) is 9.97 Å². The fourth-order valence-corrected chi connectivity index (χ4v) is 1.93. The van der Waals surface area contributed by atoms with Gasteiger partial charge in [-0.2, -0.15) is 0 Å². The van der Waals surface area contributed by atoms with Crippen molar-refractivity contribution in [2.45, 2.75) is 37.5 Å². The number of thioether (sulfide) groups is 1. The quantitative estimate of drug-likeness (QED) is 0.590. The van der Waals surface area contributed by atoms with Crippen molar-refractivity contribution in [2.75, 3.05) is 18.5 Å². The highest BCUT2D eigenvalue weighted by molar-refractivity contribution is 7.99. The molecule has 1 heterocycles. The average Bonchev–Trinajstić information content (AvgIpc) is 2.30. The zero-order valence-electron chi connectivity index (χ0n) is 10.0. The Morgan fingerprint density at radius 3 is 2.94 bits per heavy atom. The van der Waals surface area contributed by atoms with E-state index in [1.165, 1.54) is 0 Å². The molecular formula is C11H19N3OS. The first kappa shape index (κ1) is 13.3. The molecule has 0 aliphatic rings. The maximum absolute atomic E-state index is 9.02. The van der Waals surface area contributed by atoms with E-state index in [4.69, 9.17) is 5.11 Å². The standard InChI is InChI=1S/C11H19N3OS/c1-4-5-12-11-13-6-8(2)10(14-11)16-9(3)7-15/h6,9,15H,4-5,7H2,1-3H3,(H,12,13,14). The maximum atomic E-state index is 9.02. The van der Waals surface area contributed by atoms with Crippen LogP contribution < -0.4 is 5.32 Å². The molecule has 16 heavy (non-hydrogen) atoms. The molecule has 0 bridgehead atoms. The number of nitrogens with one attached hydrogen (secondary N) is 1. The van der Waals surface area contributed by atoms with E-state index in [1.807, 2.05) is 20.0 Å². The Bertz CT molecular complexity index is 333. The molecule has 4 nitrogen and oxygen atoms in total. The Labute approximate surface area is 101 Å². The van der Waals surface area contributed by atoms with E-state index in [-0.39, 0.29) is 11.9 Å². The smallest absolute Gasteiger partial charge is 0.223 e. The van der Waals surface area contributed by atoms with E-state index in [2.05, 4.69) is 22.2 Å². The molecule has 0 aliphatic heterocycles. The lowest BCUT2D eigenvalue weighted by molar-refractivity contribution is 0.300. The molecule has 0 radical (unpaired) electrons. The summed E-state index contributed by atoms with van der Waals surface area (Å²) in [5.74, 6) is 0.667. The minimum absolute atomic E-state index is 0.159. The fourth-order valence-electron chi connectivity index (χ4n) is 1.10. The van der Waals surface area contributed by atoms with Crippen molar-refractivity contribution in [3.63, 3.8) is 0 Å². The molecule has 5 heteroatoms. The summed E-state index contributed by atoms with van der Waals surface area (Å²) in [4.78, 5) is 8.64. The topological polar surface area (TPSA) is 58.0 Å². The summed E-state index contributed by atoms with van der Waals surface area (Å²) in [7, 11) is 0. The van der Waals surface area contributed by atoms with Crippen LogP contribution in [0.4, 0.5) is 5.95 Å². The number of rotatable bonds is 6. The van der Waals surface area contributed by atoms with Gasteiger partial charge in [0.25, 0.3) is 0 Å². The van der Waals surface area contributed by atoms with Crippen molar-refractivity contribution in [3.8, 4) is 0 Å².